The van der Waals surface area contributed by atoms with Gasteiger partial charge in [-0.1, -0.05) is 44.0 Å². The summed E-state index contributed by atoms with van der Waals surface area (Å²) in [5, 5.41) is 4.36. The van der Waals surface area contributed by atoms with Gasteiger partial charge in [0.05, 0.1) is 35.5 Å². The van der Waals surface area contributed by atoms with Gasteiger partial charge in [-0.3, -0.25) is 9.56 Å². The number of halogens is 2. The first-order valence-corrected chi connectivity index (χ1v) is 17.0. The van der Waals surface area contributed by atoms with E-state index < -0.39 is 11.5 Å². The van der Waals surface area contributed by atoms with Crippen LogP contribution in [-0.2, 0) is 11.2 Å². The van der Waals surface area contributed by atoms with Gasteiger partial charge in [0, 0.05) is 41.7 Å². The molecule has 254 valence electrons. The SMILES string of the molecule is CC1COC1.CCCC(NCCCN=C(C)N)c1ccc(-n2cc3cc(-c4cc(CCCC(C)N)cc(Cl)c4F)[nH]c3nc2=O)cc1. The minimum absolute atomic E-state index is 0.0598. The van der Waals surface area contributed by atoms with Crippen LogP contribution >= 0.6 is 11.6 Å². The highest BCUT2D eigenvalue weighted by atomic mass is 35.5. The van der Waals surface area contributed by atoms with Gasteiger partial charge in [-0.25, -0.2) is 9.18 Å². The van der Waals surface area contributed by atoms with Crippen molar-refractivity contribution in [1.29, 1.82) is 0 Å². The van der Waals surface area contributed by atoms with Crippen molar-refractivity contribution in [3.63, 3.8) is 0 Å². The molecule has 0 aliphatic carbocycles. The Bertz CT molecular complexity index is 1680. The summed E-state index contributed by atoms with van der Waals surface area (Å²) in [6.45, 7) is 11.6. The lowest BCUT2D eigenvalue weighted by Gasteiger charge is -2.20. The molecule has 1 aliphatic rings. The van der Waals surface area contributed by atoms with Gasteiger partial charge >= 0.3 is 5.69 Å². The molecule has 0 amide bonds. The zero-order chi connectivity index (χ0) is 33.9. The minimum Gasteiger partial charge on any atom is -0.388 e. The number of aromatic nitrogens is 3. The number of aryl methyl sites for hydroxylation is 1. The van der Waals surface area contributed by atoms with Crippen molar-refractivity contribution < 1.29 is 9.13 Å². The van der Waals surface area contributed by atoms with E-state index in [9.17, 15) is 4.79 Å². The van der Waals surface area contributed by atoms with E-state index in [0.29, 0.717) is 40.4 Å². The summed E-state index contributed by atoms with van der Waals surface area (Å²) in [4.78, 5) is 24.6. The van der Waals surface area contributed by atoms with Crippen LogP contribution in [-0.4, -0.2) is 52.7 Å². The first-order chi connectivity index (χ1) is 22.5. The van der Waals surface area contributed by atoms with Gasteiger partial charge in [-0.05, 0) is 94.0 Å². The number of nitrogens with two attached hydrogens (primary N) is 2. The summed E-state index contributed by atoms with van der Waals surface area (Å²) in [6.07, 6.45) is 7.15. The van der Waals surface area contributed by atoms with Crippen LogP contribution < -0.4 is 22.5 Å². The predicted octanol–water partition coefficient (Wildman–Crippen LogP) is 6.69. The lowest BCUT2D eigenvalue weighted by atomic mass is 10.0. The number of rotatable bonds is 14. The fraction of sp³-hybridized carbons (Fsp3) is 0.472. The molecule has 1 aliphatic heterocycles. The molecule has 1 saturated heterocycles. The number of hydrogen-bond donors (Lipinski definition) is 4. The normalized spacial score (nSPS) is 14.8. The van der Waals surface area contributed by atoms with Crippen molar-refractivity contribution >= 4 is 28.5 Å². The van der Waals surface area contributed by atoms with Crippen LogP contribution in [0.15, 0.2) is 58.4 Å². The summed E-state index contributed by atoms with van der Waals surface area (Å²) in [5.74, 6) is 0.932. The third-order valence-corrected chi connectivity index (χ3v) is 8.33. The first kappa shape index (κ1) is 36.3. The van der Waals surface area contributed by atoms with E-state index in [4.69, 9.17) is 27.8 Å². The highest BCUT2D eigenvalue weighted by Crippen LogP contribution is 2.31. The Morgan fingerprint density at radius 2 is 1.94 bits per heavy atom. The number of benzene rings is 2. The minimum atomic E-state index is -0.512. The van der Waals surface area contributed by atoms with Crippen molar-refractivity contribution in [3.05, 3.63) is 81.1 Å². The van der Waals surface area contributed by atoms with Gasteiger partial charge < -0.3 is 26.5 Å². The van der Waals surface area contributed by atoms with Crippen molar-refractivity contribution in [2.45, 2.75) is 78.3 Å². The fourth-order valence-electron chi connectivity index (χ4n) is 5.44. The van der Waals surface area contributed by atoms with Crippen molar-refractivity contribution in [2.75, 3.05) is 26.3 Å². The Kier molecular flexibility index (Phi) is 13.5. The van der Waals surface area contributed by atoms with Crippen molar-refractivity contribution in [2.24, 2.45) is 22.4 Å². The molecule has 3 heterocycles. The Labute approximate surface area is 282 Å². The van der Waals surface area contributed by atoms with E-state index in [1.165, 1.54) is 4.57 Å². The molecule has 0 saturated carbocycles. The maximum Gasteiger partial charge on any atom is 0.354 e. The van der Waals surface area contributed by atoms with Gasteiger partial charge in [-0.2, -0.15) is 4.98 Å². The van der Waals surface area contributed by atoms with Crippen LogP contribution in [0, 0.1) is 11.7 Å². The summed E-state index contributed by atoms with van der Waals surface area (Å²) in [6, 6.07) is 13.5. The molecule has 1 fully saturated rings. The topological polar surface area (TPSA) is 136 Å². The highest BCUT2D eigenvalue weighted by Gasteiger charge is 2.16. The van der Waals surface area contributed by atoms with E-state index in [-0.39, 0.29) is 17.1 Å². The van der Waals surface area contributed by atoms with Gasteiger partial charge in [0.25, 0.3) is 0 Å². The van der Waals surface area contributed by atoms with E-state index in [1.54, 1.807) is 31.3 Å². The molecule has 9 nitrogen and oxygen atoms in total. The van der Waals surface area contributed by atoms with E-state index in [2.05, 4.69) is 34.1 Å². The number of nitrogens with zero attached hydrogens (tertiary/aromatic N) is 3. The number of fused-ring (bicyclic) bond motifs is 1. The molecule has 0 radical (unpaired) electrons. The average molecular weight is 666 g/mol. The Morgan fingerprint density at radius 3 is 2.55 bits per heavy atom. The molecule has 0 bridgehead atoms. The summed E-state index contributed by atoms with van der Waals surface area (Å²) < 4.78 is 21.4. The van der Waals surface area contributed by atoms with E-state index >= 15 is 4.39 Å². The maximum absolute atomic E-state index is 15.1. The van der Waals surface area contributed by atoms with Gasteiger partial charge in [0.1, 0.15) is 5.65 Å². The van der Waals surface area contributed by atoms with Gasteiger partial charge in [0.2, 0.25) is 0 Å². The van der Waals surface area contributed by atoms with Crippen LogP contribution in [0.3, 0.4) is 0 Å². The zero-order valence-corrected chi connectivity index (χ0v) is 28.7. The Hall–Kier alpha value is -3.57. The number of amidine groups is 1. The fourth-order valence-corrected chi connectivity index (χ4v) is 5.69. The lowest BCUT2D eigenvalue weighted by molar-refractivity contribution is -0.0221. The third-order valence-electron chi connectivity index (χ3n) is 8.05. The summed E-state index contributed by atoms with van der Waals surface area (Å²) in [7, 11) is 0. The van der Waals surface area contributed by atoms with Crippen LogP contribution in [0.5, 0.6) is 0 Å². The van der Waals surface area contributed by atoms with Crippen LogP contribution in [0.2, 0.25) is 5.02 Å². The zero-order valence-electron chi connectivity index (χ0n) is 28.0. The third kappa shape index (κ3) is 10.5. The lowest BCUT2D eigenvalue weighted by Crippen LogP contribution is -2.23. The molecular weight excluding hydrogens is 617 g/mol. The quantitative estimate of drug-likeness (QED) is 0.0673. The average Bonchev–Trinajstić information content (AvgIpc) is 3.43. The summed E-state index contributed by atoms with van der Waals surface area (Å²) >= 11 is 6.25. The number of ether oxygens (including phenoxy) is 1. The van der Waals surface area contributed by atoms with E-state index in [1.807, 2.05) is 31.2 Å². The maximum atomic E-state index is 15.1. The summed E-state index contributed by atoms with van der Waals surface area (Å²) in [5.41, 5.74) is 15.1. The second-order valence-electron chi connectivity index (χ2n) is 12.6. The Morgan fingerprint density at radius 1 is 1.21 bits per heavy atom. The second-order valence-corrected chi connectivity index (χ2v) is 13.0. The monoisotopic (exact) mass is 665 g/mol. The molecule has 0 spiro atoms. The Balaban J connectivity index is 0.000000912. The molecule has 6 N–H and O–H groups in total. The standard InChI is InChI=1S/C32H41ClFN7O.C4H8O/c1-4-7-28(38-15-6-14-37-21(3)36)23-10-12-25(13-11-23)41-19-24-18-29(39-31(24)40-32(41)42)26-16-22(9-5-8-20(2)35)17-27(33)30(26)34;1-4-2-5-3-4/h10-13,16-20,28,38H,4-9,14-15,35H2,1-3H3,(H2,36,37)(H,39,40,42);4H,2-3H2,1H3. The molecular formula is C36H49ClFN7O2. The number of aliphatic imine (C=N–C) groups is 1. The smallest absolute Gasteiger partial charge is 0.354 e. The van der Waals surface area contributed by atoms with Crippen molar-refractivity contribution in [1.82, 2.24) is 19.9 Å². The van der Waals surface area contributed by atoms with Crippen LogP contribution in [0.4, 0.5) is 4.39 Å². The molecule has 2 aromatic heterocycles. The molecule has 5 rings (SSSR count). The number of H-pyrrole nitrogens is 1. The predicted molar refractivity (Wildman–Crippen MR) is 191 cm³/mol. The highest BCUT2D eigenvalue weighted by molar-refractivity contribution is 6.31. The molecule has 11 heteroatoms. The number of aromatic amines is 1. The number of hydrogen-bond acceptors (Lipinski definition) is 6. The van der Waals surface area contributed by atoms with Gasteiger partial charge in [-0.15, -0.1) is 0 Å². The van der Waals surface area contributed by atoms with Crippen molar-refractivity contribution in [3.8, 4) is 16.9 Å². The number of nitrogens with one attached hydrogen (secondary N) is 2. The molecule has 2 atom stereocenters. The first-order valence-electron chi connectivity index (χ1n) is 16.6. The molecule has 2 unspecified atom stereocenters. The molecule has 4 aromatic rings. The van der Waals surface area contributed by atoms with E-state index in [0.717, 1.165) is 75.3 Å². The second kappa shape index (κ2) is 17.5. The van der Waals surface area contributed by atoms with Gasteiger partial charge in [0.15, 0.2) is 5.82 Å². The largest absolute Gasteiger partial charge is 0.388 e. The van der Waals surface area contributed by atoms with Crippen LogP contribution in [0.25, 0.3) is 28.0 Å². The van der Waals surface area contributed by atoms with Crippen LogP contribution in [0.1, 0.15) is 77.0 Å². The molecule has 2 aromatic carbocycles. The molecule has 47 heavy (non-hydrogen) atoms.